The predicted octanol–water partition coefficient (Wildman–Crippen LogP) is 0.220. The Kier molecular flexibility index (Phi) is 3.05. The summed E-state index contributed by atoms with van der Waals surface area (Å²) in [5, 5.41) is 0. The molecule has 2 aliphatic rings. The third kappa shape index (κ3) is 2.19. The van der Waals surface area contributed by atoms with Crippen molar-refractivity contribution in [2.24, 2.45) is 11.8 Å². The van der Waals surface area contributed by atoms with Crippen LogP contribution < -0.4 is 0 Å². The van der Waals surface area contributed by atoms with Gasteiger partial charge in [0, 0.05) is 26.2 Å². The largest absolute Gasteiger partial charge is 0.306 e. The fourth-order valence-electron chi connectivity index (χ4n) is 2.80. The molecule has 15 heavy (non-hydrogen) atoms. The molecule has 0 aromatic carbocycles. The van der Waals surface area contributed by atoms with Gasteiger partial charge in [-0.2, -0.15) is 0 Å². The van der Waals surface area contributed by atoms with Crippen LogP contribution in [-0.4, -0.2) is 56.6 Å². The molecule has 0 aromatic heterocycles. The summed E-state index contributed by atoms with van der Waals surface area (Å²) in [5.74, 6) is 1.45. The van der Waals surface area contributed by atoms with Crippen molar-refractivity contribution < 1.29 is 8.42 Å². The number of likely N-dealkylation sites (tertiary alicyclic amines) is 1. The second-order valence-electron chi connectivity index (χ2n) is 4.87. The van der Waals surface area contributed by atoms with E-state index in [-0.39, 0.29) is 0 Å². The molecule has 2 unspecified atom stereocenters. The first-order valence-corrected chi connectivity index (χ1v) is 7.30. The van der Waals surface area contributed by atoms with E-state index in [9.17, 15) is 8.42 Å². The summed E-state index contributed by atoms with van der Waals surface area (Å²) < 4.78 is 25.4. The second kappa shape index (κ2) is 4.03. The molecule has 0 spiro atoms. The molecule has 2 rings (SSSR count). The van der Waals surface area contributed by atoms with E-state index in [1.165, 1.54) is 0 Å². The monoisotopic (exact) mass is 232 g/mol. The Balaban J connectivity index is 2.00. The molecule has 0 N–H and O–H groups in total. The normalized spacial score (nSPS) is 33.5. The highest BCUT2D eigenvalue weighted by atomic mass is 32.2. The molecule has 0 saturated carbocycles. The lowest BCUT2D eigenvalue weighted by Gasteiger charge is -2.18. The number of fused-ring (bicyclic) bond motifs is 1. The lowest BCUT2D eigenvalue weighted by atomic mass is 10.0. The van der Waals surface area contributed by atoms with Gasteiger partial charge in [-0.15, -0.1) is 0 Å². The third-order valence-electron chi connectivity index (χ3n) is 3.49. The van der Waals surface area contributed by atoms with Crippen molar-refractivity contribution in [1.29, 1.82) is 0 Å². The number of rotatable bonds is 3. The lowest BCUT2D eigenvalue weighted by molar-refractivity contribution is 0.349. The number of hydrogen-bond acceptors (Lipinski definition) is 3. The van der Waals surface area contributed by atoms with Gasteiger partial charge in [0.1, 0.15) is 0 Å². The highest BCUT2D eigenvalue weighted by Gasteiger charge is 2.42. The minimum Gasteiger partial charge on any atom is -0.306 e. The maximum Gasteiger partial charge on any atom is 0.214 e. The van der Waals surface area contributed by atoms with E-state index in [0.717, 1.165) is 26.2 Å². The average Bonchev–Trinajstić information content (AvgIpc) is 2.60. The molecular formula is C10H20N2O2S. The zero-order valence-corrected chi connectivity index (χ0v) is 10.3. The molecule has 2 aliphatic heterocycles. The van der Waals surface area contributed by atoms with E-state index >= 15 is 0 Å². The van der Waals surface area contributed by atoms with Gasteiger partial charge in [0.25, 0.3) is 0 Å². The molecule has 2 atom stereocenters. The Morgan fingerprint density at radius 2 is 1.67 bits per heavy atom. The first-order chi connectivity index (χ1) is 7.03. The van der Waals surface area contributed by atoms with Crippen LogP contribution >= 0.6 is 0 Å². The third-order valence-corrected chi connectivity index (χ3v) is 5.50. The summed E-state index contributed by atoms with van der Waals surface area (Å²) in [6, 6.07) is 0. The summed E-state index contributed by atoms with van der Waals surface area (Å²) >= 11 is 0. The summed E-state index contributed by atoms with van der Waals surface area (Å²) in [7, 11) is -0.840. The molecule has 0 aliphatic carbocycles. The van der Waals surface area contributed by atoms with Crippen LogP contribution in [-0.2, 0) is 10.0 Å². The first kappa shape index (κ1) is 11.4. The van der Waals surface area contributed by atoms with Crippen molar-refractivity contribution in [1.82, 2.24) is 9.21 Å². The summed E-state index contributed by atoms with van der Waals surface area (Å²) in [5.41, 5.74) is 0. The van der Waals surface area contributed by atoms with Crippen LogP contribution in [0, 0.1) is 11.8 Å². The van der Waals surface area contributed by atoms with Gasteiger partial charge in [0.05, 0.1) is 5.75 Å². The van der Waals surface area contributed by atoms with Gasteiger partial charge in [-0.05, 0) is 25.3 Å². The van der Waals surface area contributed by atoms with Crippen LogP contribution in [0.2, 0.25) is 0 Å². The van der Waals surface area contributed by atoms with Crippen LogP contribution in [0.3, 0.4) is 0 Å². The van der Waals surface area contributed by atoms with Crippen molar-refractivity contribution in [3.05, 3.63) is 0 Å². The van der Waals surface area contributed by atoms with E-state index in [2.05, 4.69) is 11.9 Å². The second-order valence-corrected chi connectivity index (χ2v) is 6.96. The van der Waals surface area contributed by atoms with Crippen LogP contribution in [0.5, 0.6) is 0 Å². The fraction of sp³-hybridized carbons (Fsp3) is 1.00. The predicted molar refractivity (Wildman–Crippen MR) is 60.1 cm³/mol. The van der Waals surface area contributed by atoms with E-state index < -0.39 is 10.0 Å². The van der Waals surface area contributed by atoms with E-state index in [0.29, 0.717) is 24.0 Å². The smallest absolute Gasteiger partial charge is 0.214 e. The molecule has 5 heteroatoms. The van der Waals surface area contributed by atoms with Gasteiger partial charge in [-0.25, -0.2) is 12.7 Å². The average molecular weight is 232 g/mol. The Hall–Kier alpha value is -0.130. The van der Waals surface area contributed by atoms with Crippen molar-refractivity contribution in [2.45, 2.75) is 13.3 Å². The van der Waals surface area contributed by atoms with Gasteiger partial charge < -0.3 is 4.90 Å². The van der Waals surface area contributed by atoms with Crippen LogP contribution in [0.15, 0.2) is 0 Å². The quantitative estimate of drug-likeness (QED) is 0.699. The molecule has 88 valence electrons. The standard InChI is InChI=1S/C10H20N2O2S/c1-3-4-15(13,14)12-7-9-5-11(2)6-10(9)8-12/h9-10H,3-8H2,1-2H3. The summed E-state index contributed by atoms with van der Waals surface area (Å²) in [6.07, 6.45) is 0.716. The van der Waals surface area contributed by atoms with E-state index in [4.69, 9.17) is 0 Å². The summed E-state index contributed by atoms with van der Waals surface area (Å²) in [6.45, 7) is 5.53. The van der Waals surface area contributed by atoms with Crippen LogP contribution in [0.4, 0.5) is 0 Å². The van der Waals surface area contributed by atoms with Crippen molar-refractivity contribution in [2.75, 3.05) is 39.0 Å². The van der Waals surface area contributed by atoms with Gasteiger partial charge >= 0.3 is 0 Å². The number of sulfonamides is 1. The molecule has 0 bridgehead atoms. The molecular weight excluding hydrogens is 212 g/mol. The molecule has 0 aromatic rings. The van der Waals surface area contributed by atoms with Gasteiger partial charge in [0.15, 0.2) is 0 Å². The highest BCUT2D eigenvalue weighted by Crippen LogP contribution is 2.31. The minimum absolute atomic E-state index is 0.308. The fourth-order valence-corrected chi connectivity index (χ4v) is 4.41. The highest BCUT2D eigenvalue weighted by molar-refractivity contribution is 7.89. The topological polar surface area (TPSA) is 40.6 Å². The minimum atomic E-state index is -2.95. The van der Waals surface area contributed by atoms with Crippen LogP contribution in [0.1, 0.15) is 13.3 Å². The lowest BCUT2D eigenvalue weighted by Crippen LogP contribution is -2.33. The SMILES string of the molecule is CCCS(=O)(=O)N1CC2CN(C)CC2C1. The Labute approximate surface area is 92.3 Å². The van der Waals surface area contributed by atoms with Gasteiger partial charge in [0.2, 0.25) is 10.0 Å². The zero-order chi connectivity index (χ0) is 11.1. The Bertz CT molecular complexity index is 314. The molecule has 4 nitrogen and oxygen atoms in total. The van der Waals surface area contributed by atoms with Crippen molar-refractivity contribution >= 4 is 10.0 Å². The number of nitrogens with zero attached hydrogens (tertiary/aromatic N) is 2. The van der Waals surface area contributed by atoms with Crippen molar-refractivity contribution in [3.8, 4) is 0 Å². The first-order valence-electron chi connectivity index (χ1n) is 5.69. The van der Waals surface area contributed by atoms with Crippen LogP contribution in [0.25, 0.3) is 0 Å². The zero-order valence-electron chi connectivity index (χ0n) is 9.52. The van der Waals surface area contributed by atoms with Gasteiger partial charge in [-0.1, -0.05) is 6.92 Å². The maximum atomic E-state index is 11.9. The molecule has 2 saturated heterocycles. The Morgan fingerprint density at radius 3 is 2.13 bits per heavy atom. The summed E-state index contributed by atoms with van der Waals surface area (Å²) in [4.78, 5) is 2.30. The van der Waals surface area contributed by atoms with E-state index in [1.54, 1.807) is 4.31 Å². The van der Waals surface area contributed by atoms with Crippen molar-refractivity contribution in [3.63, 3.8) is 0 Å². The number of hydrogen-bond donors (Lipinski definition) is 0. The Morgan fingerprint density at radius 1 is 1.13 bits per heavy atom. The molecule has 2 heterocycles. The maximum absolute atomic E-state index is 11.9. The van der Waals surface area contributed by atoms with Gasteiger partial charge in [-0.3, -0.25) is 0 Å². The van der Waals surface area contributed by atoms with E-state index in [1.807, 2.05) is 6.92 Å². The molecule has 0 amide bonds. The molecule has 2 fully saturated rings. The molecule has 0 radical (unpaired) electrons.